The monoisotopic (exact) mass is 168 g/mol. The molecule has 1 saturated heterocycles. The molecule has 0 bridgehead atoms. The van der Waals surface area contributed by atoms with Gasteiger partial charge >= 0.3 is 0 Å². The first-order valence-electron chi connectivity index (χ1n) is 4.76. The number of rotatable bonds is 1. The molecule has 0 spiro atoms. The van der Waals surface area contributed by atoms with Crippen molar-refractivity contribution in [3.63, 3.8) is 0 Å². The molecule has 0 aromatic heterocycles. The average Bonchev–Trinajstić information content (AvgIpc) is 2.32. The fourth-order valence-corrected chi connectivity index (χ4v) is 2.41. The number of hydrogen-bond acceptors (Lipinski definition) is 2. The SMILES string of the molecule is C[C@H](N)C(=O)N1CC2CCCC21. The highest BCUT2D eigenvalue weighted by molar-refractivity contribution is 5.82. The van der Waals surface area contributed by atoms with Crippen LogP contribution in [0.25, 0.3) is 0 Å². The van der Waals surface area contributed by atoms with Crippen molar-refractivity contribution in [2.75, 3.05) is 6.54 Å². The Kier molecular flexibility index (Phi) is 1.83. The molecule has 1 amide bonds. The topological polar surface area (TPSA) is 46.3 Å². The van der Waals surface area contributed by atoms with Crippen LogP contribution >= 0.6 is 0 Å². The molecule has 3 atom stereocenters. The number of nitrogens with zero attached hydrogens (tertiary/aromatic N) is 1. The molecule has 1 aliphatic heterocycles. The second-order valence-corrected chi connectivity index (χ2v) is 4.04. The molecule has 2 fully saturated rings. The second kappa shape index (κ2) is 2.73. The van der Waals surface area contributed by atoms with Crippen molar-refractivity contribution in [3.05, 3.63) is 0 Å². The van der Waals surface area contributed by atoms with Crippen LogP contribution in [0.2, 0.25) is 0 Å². The van der Waals surface area contributed by atoms with E-state index >= 15 is 0 Å². The summed E-state index contributed by atoms with van der Waals surface area (Å²) in [4.78, 5) is 13.4. The lowest BCUT2D eigenvalue weighted by atomic mass is 9.91. The zero-order valence-corrected chi connectivity index (χ0v) is 7.49. The summed E-state index contributed by atoms with van der Waals surface area (Å²) in [5.74, 6) is 0.936. The first-order valence-corrected chi connectivity index (χ1v) is 4.76. The van der Waals surface area contributed by atoms with Crippen LogP contribution in [0.5, 0.6) is 0 Å². The number of likely N-dealkylation sites (tertiary alicyclic amines) is 1. The van der Waals surface area contributed by atoms with E-state index in [1.807, 2.05) is 4.90 Å². The van der Waals surface area contributed by atoms with E-state index < -0.39 is 0 Å². The number of nitrogens with two attached hydrogens (primary N) is 1. The van der Waals surface area contributed by atoms with Gasteiger partial charge in [0.15, 0.2) is 0 Å². The van der Waals surface area contributed by atoms with Crippen molar-refractivity contribution >= 4 is 5.91 Å². The molecular weight excluding hydrogens is 152 g/mol. The van der Waals surface area contributed by atoms with E-state index in [4.69, 9.17) is 5.73 Å². The van der Waals surface area contributed by atoms with E-state index in [9.17, 15) is 4.79 Å². The van der Waals surface area contributed by atoms with Crippen molar-refractivity contribution in [2.45, 2.75) is 38.3 Å². The van der Waals surface area contributed by atoms with Crippen LogP contribution in [-0.4, -0.2) is 29.4 Å². The number of carbonyl (C=O) groups is 1. The minimum Gasteiger partial charge on any atom is -0.338 e. The molecule has 2 rings (SSSR count). The van der Waals surface area contributed by atoms with Crippen LogP contribution in [0.15, 0.2) is 0 Å². The van der Waals surface area contributed by atoms with Crippen molar-refractivity contribution < 1.29 is 4.79 Å². The quantitative estimate of drug-likeness (QED) is 0.614. The molecule has 3 heteroatoms. The average molecular weight is 168 g/mol. The summed E-state index contributed by atoms with van der Waals surface area (Å²) in [7, 11) is 0. The third kappa shape index (κ3) is 1.04. The molecule has 68 valence electrons. The van der Waals surface area contributed by atoms with Gasteiger partial charge in [-0.1, -0.05) is 6.42 Å². The molecule has 1 aliphatic carbocycles. The van der Waals surface area contributed by atoms with Gasteiger partial charge in [0, 0.05) is 12.6 Å². The zero-order valence-electron chi connectivity index (χ0n) is 7.49. The van der Waals surface area contributed by atoms with Crippen LogP contribution in [0.4, 0.5) is 0 Å². The Morgan fingerprint density at radius 1 is 1.58 bits per heavy atom. The maximum atomic E-state index is 11.5. The van der Waals surface area contributed by atoms with E-state index in [2.05, 4.69) is 0 Å². The van der Waals surface area contributed by atoms with Gasteiger partial charge in [-0.2, -0.15) is 0 Å². The third-order valence-electron chi connectivity index (χ3n) is 3.12. The van der Waals surface area contributed by atoms with Gasteiger partial charge in [0.25, 0.3) is 0 Å². The minimum absolute atomic E-state index is 0.137. The zero-order chi connectivity index (χ0) is 8.72. The summed E-state index contributed by atoms with van der Waals surface area (Å²) >= 11 is 0. The molecular formula is C9H16N2O. The molecule has 1 saturated carbocycles. The molecule has 2 N–H and O–H groups in total. The summed E-state index contributed by atoms with van der Waals surface area (Å²) < 4.78 is 0. The summed E-state index contributed by atoms with van der Waals surface area (Å²) in [6.45, 7) is 2.73. The Balaban J connectivity index is 1.95. The first-order chi connectivity index (χ1) is 5.70. The Hall–Kier alpha value is -0.570. The third-order valence-corrected chi connectivity index (χ3v) is 3.12. The number of fused-ring (bicyclic) bond motifs is 1. The van der Waals surface area contributed by atoms with Crippen LogP contribution in [0, 0.1) is 5.92 Å². The largest absolute Gasteiger partial charge is 0.338 e. The molecule has 12 heavy (non-hydrogen) atoms. The minimum atomic E-state index is -0.313. The van der Waals surface area contributed by atoms with Gasteiger partial charge < -0.3 is 10.6 Å². The van der Waals surface area contributed by atoms with E-state index in [1.54, 1.807) is 6.92 Å². The summed E-state index contributed by atoms with van der Waals surface area (Å²) in [5, 5.41) is 0. The van der Waals surface area contributed by atoms with Gasteiger partial charge in [0.05, 0.1) is 6.04 Å². The lowest BCUT2D eigenvalue weighted by Gasteiger charge is -2.45. The van der Waals surface area contributed by atoms with Gasteiger partial charge in [0.2, 0.25) is 5.91 Å². The van der Waals surface area contributed by atoms with Gasteiger partial charge in [0.1, 0.15) is 0 Å². The van der Waals surface area contributed by atoms with Crippen molar-refractivity contribution in [3.8, 4) is 0 Å². The summed E-state index contributed by atoms with van der Waals surface area (Å²) in [6, 6.07) is 0.232. The maximum absolute atomic E-state index is 11.5. The van der Waals surface area contributed by atoms with E-state index in [1.165, 1.54) is 19.3 Å². The van der Waals surface area contributed by atoms with Crippen LogP contribution < -0.4 is 5.73 Å². The fourth-order valence-electron chi connectivity index (χ4n) is 2.41. The molecule has 3 nitrogen and oxygen atoms in total. The number of amides is 1. The molecule has 2 aliphatic rings. The number of hydrogen-bond donors (Lipinski definition) is 1. The van der Waals surface area contributed by atoms with Gasteiger partial charge in [-0.25, -0.2) is 0 Å². The molecule has 0 aromatic carbocycles. The van der Waals surface area contributed by atoms with Crippen LogP contribution in [0.3, 0.4) is 0 Å². The standard InChI is InChI=1S/C9H16N2O/c1-6(10)9(12)11-5-7-3-2-4-8(7)11/h6-8H,2-5,10H2,1H3/t6-,7?,8?/m0/s1. The van der Waals surface area contributed by atoms with Gasteiger partial charge in [-0.15, -0.1) is 0 Å². The van der Waals surface area contributed by atoms with Crippen LogP contribution in [-0.2, 0) is 4.79 Å². The molecule has 1 heterocycles. The van der Waals surface area contributed by atoms with Crippen molar-refractivity contribution in [1.82, 2.24) is 4.90 Å². The lowest BCUT2D eigenvalue weighted by Crippen LogP contribution is -2.59. The van der Waals surface area contributed by atoms with Gasteiger partial charge in [-0.05, 0) is 25.7 Å². The predicted molar refractivity (Wildman–Crippen MR) is 46.5 cm³/mol. The molecule has 2 unspecified atom stereocenters. The first kappa shape index (κ1) is 8.05. The van der Waals surface area contributed by atoms with Crippen molar-refractivity contribution in [2.24, 2.45) is 11.7 Å². The maximum Gasteiger partial charge on any atom is 0.239 e. The van der Waals surface area contributed by atoms with Gasteiger partial charge in [-0.3, -0.25) is 4.79 Å². The lowest BCUT2D eigenvalue weighted by molar-refractivity contribution is -0.143. The number of carbonyl (C=O) groups excluding carboxylic acids is 1. The Bertz CT molecular complexity index is 203. The highest BCUT2D eigenvalue weighted by Crippen LogP contribution is 2.38. The van der Waals surface area contributed by atoms with Crippen molar-refractivity contribution in [1.29, 1.82) is 0 Å². The smallest absolute Gasteiger partial charge is 0.239 e. The predicted octanol–water partition coefficient (Wildman–Crippen LogP) is 0.344. The highest BCUT2D eigenvalue weighted by atomic mass is 16.2. The molecule has 0 aromatic rings. The second-order valence-electron chi connectivity index (χ2n) is 4.04. The Labute approximate surface area is 72.9 Å². The highest BCUT2D eigenvalue weighted by Gasteiger charge is 2.44. The van der Waals surface area contributed by atoms with Crippen LogP contribution in [0.1, 0.15) is 26.2 Å². The van der Waals surface area contributed by atoms with E-state index in [0.717, 1.165) is 12.5 Å². The van der Waals surface area contributed by atoms with E-state index in [-0.39, 0.29) is 11.9 Å². The Morgan fingerprint density at radius 3 is 2.92 bits per heavy atom. The Morgan fingerprint density at radius 2 is 2.33 bits per heavy atom. The fraction of sp³-hybridized carbons (Fsp3) is 0.889. The summed E-state index contributed by atoms with van der Waals surface area (Å²) in [6.07, 6.45) is 3.80. The normalized spacial score (nSPS) is 35.7. The van der Waals surface area contributed by atoms with E-state index in [0.29, 0.717) is 6.04 Å². The summed E-state index contributed by atoms with van der Waals surface area (Å²) in [5.41, 5.74) is 5.54. The molecule has 0 radical (unpaired) electrons.